The second-order valence-electron chi connectivity index (χ2n) is 2.77. The van der Waals surface area contributed by atoms with Crippen LogP contribution in [-0.4, -0.2) is 12.6 Å². The van der Waals surface area contributed by atoms with E-state index < -0.39 is 5.97 Å². The van der Waals surface area contributed by atoms with Crippen molar-refractivity contribution < 1.29 is 13.9 Å². The highest BCUT2D eigenvalue weighted by Gasteiger charge is 2.06. The minimum Gasteiger partial charge on any atom is -0.462 e. The van der Waals surface area contributed by atoms with Crippen molar-refractivity contribution in [3.63, 3.8) is 0 Å². The summed E-state index contributed by atoms with van der Waals surface area (Å²) in [6.07, 6.45) is 1.36. The Labute approximate surface area is 92.3 Å². The Hall–Kier alpha value is -1.35. The zero-order chi connectivity index (χ0) is 11.3. The van der Waals surface area contributed by atoms with Crippen LogP contribution in [0.4, 0.5) is 4.39 Å². The van der Waals surface area contributed by atoms with Gasteiger partial charge in [0.2, 0.25) is 0 Å². The molecule has 0 aliphatic rings. The van der Waals surface area contributed by atoms with Crippen molar-refractivity contribution in [2.45, 2.75) is 6.92 Å². The fourth-order valence-corrected chi connectivity index (χ4v) is 1.18. The number of rotatable bonds is 3. The van der Waals surface area contributed by atoms with Gasteiger partial charge in [0.25, 0.3) is 0 Å². The maximum Gasteiger partial charge on any atom is 0.349 e. The Balaban J connectivity index is 2.82. The Morgan fingerprint density at radius 2 is 2.33 bits per heavy atom. The van der Waals surface area contributed by atoms with E-state index in [0.717, 1.165) is 0 Å². The monoisotopic (exact) mass is 228 g/mol. The Morgan fingerprint density at radius 1 is 1.60 bits per heavy atom. The molecule has 1 aromatic carbocycles. The van der Waals surface area contributed by atoms with Gasteiger partial charge in [-0.1, -0.05) is 23.7 Å². The number of halogens is 2. The smallest absolute Gasteiger partial charge is 0.349 e. The molecule has 0 spiro atoms. The van der Waals surface area contributed by atoms with E-state index >= 15 is 0 Å². The second-order valence-corrected chi connectivity index (χ2v) is 3.17. The number of carbonyl (C=O) groups excluding carboxylic acids is 1. The first-order valence-electron chi connectivity index (χ1n) is 4.43. The molecule has 1 aromatic rings. The molecule has 0 radical (unpaired) electrons. The van der Waals surface area contributed by atoms with E-state index in [1.807, 2.05) is 0 Å². The Kier molecular flexibility index (Phi) is 4.31. The van der Waals surface area contributed by atoms with Crippen LogP contribution < -0.4 is 0 Å². The topological polar surface area (TPSA) is 26.3 Å². The lowest BCUT2D eigenvalue weighted by Gasteiger charge is -1.99. The fourth-order valence-electron chi connectivity index (χ4n) is 1.00. The van der Waals surface area contributed by atoms with Crippen molar-refractivity contribution in [2.75, 3.05) is 6.61 Å². The van der Waals surface area contributed by atoms with Crippen LogP contribution in [0.15, 0.2) is 29.3 Å². The summed E-state index contributed by atoms with van der Waals surface area (Å²) >= 11 is 5.66. The minimum atomic E-state index is -0.608. The molecule has 0 saturated carbocycles. The molecule has 0 atom stereocenters. The molecule has 1 rings (SSSR count). The summed E-state index contributed by atoms with van der Waals surface area (Å²) in [5.41, 5.74) is 0.521. The van der Waals surface area contributed by atoms with Gasteiger partial charge in [-0.05, 0) is 30.7 Å². The van der Waals surface area contributed by atoms with Gasteiger partial charge >= 0.3 is 5.97 Å². The van der Waals surface area contributed by atoms with Crippen molar-refractivity contribution in [1.29, 1.82) is 0 Å². The zero-order valence-corrected chi connectivity index (χ0v) is 8.92. The summed E-state index contributed by atoms with van der Waals surface area (Å²) in [7, 11) is 0. The summed E-state index contributed by atoms with van der Waals surface area (Å²) < 4.78 is 17.5. The lowest BCUT2D eigenvalue weighted by atomic mass is 10.2. The first kappa shape index (κ1) is 11.7. The molecule has 4 heteroatoms. The van der Waals surface area contributed by atoms with Gasteiger partial charge in [0, 0.05) is 0 Å². The van der Waals surface area contributed by atoms with Gasteiger partial charge in [-0.2, -0.15) is 0 Å². The number of benzene rings is 1. The van der Waals surface area contributed by atoms with Crippen LogP contribution in [0.1, 0.15) is 12.5 Å². The predicted molar refractivity (Wildman–Crippen MR) is 56.9 cm³/mol. The van der Waals surface area contributed by atoms with E-state index in [2.05, 4.69) is 4.74 Å². The molecule has 0 aliphatic heterocycles. The predicted octanol–water partition coefficient (Wildman–Crippen LogP) is 2.97. The number of ether oxygens (including phenoxy) is 1. The fraction of sp³-hybridized carbons (Fsp3) is 0.182. The lowest BCUT2D eigenvalue weighted by molar-refractivity contribution is -0.137. The van der Waals surface area contributed by atoms with Gasteiger partial charge in [0.15, 0.2) is 0 Å². The molecular weight excluding hydrogens is 219 g/mol. The van der Waals surface area contributed by atoms with Gasteiger partial charge in [-0.15, -0.1) is 0 Å². The van der Waals surface area contributed by atoms with Crippen molar-refractivity contribution >= 4 is 23.6 Å². The molecule has 0 amide bonds. The number of carbonyl (C=O) groups is 1. The van der Waals surface area contributed by atoms with Gasteiger partial charge in [-0.25, -0.2) is 9.18 Å². The highest BCUT2D eigenvalue weighted by Crippen LogP contribution is 2.12. The molecule has 80 valence electrons. The number of hydrogen-bond acceptors (Lipinski definition) is 2. The third kappa shape index (κ3) is 3.72. The molecular formula is C11H10ClFO2. The second kappa shape index (κ2) is 5.51. The van der Waals surface area contributed by atoms with Gasteiger partial charge in [0.1, 0.15) is 10.8 Å². The number of hydrogen-bond donors (Lipinski definition) is 0. The Bertz CT molecular complexity index is 388. The normalized spacial score (nSPS) is 11.3. The van der Waals surface area contributed by atoms with Crippen molar-refractivity contribution in [1.82, 2.24) is 0 Å². The summed E-state index contributed by atoms with van der Waals surface area (Å²) in [4.78, 5) is 11.1. The van der Waals surface area contributed by atoms with Crippen molar-refractivity contribution in [3.8, 4) is 0 Å². The molecule has 0 fully saturated rings. The third-order valence-corrected chi connectivity index (χ3v) is 1.88. The molecule has 0 bridgehead atoms. The third-order valence-electron chi connectivity index (χ3n) is 1.61. The average Bonchev–Trinajstić information content (AvgIpc) is 2.18. The molecule has 0 unspecified atom stereocenters. The van der Waals surface area contributed by atoms with Crippen LogP contribution in [-0.2, 0) is 9.53 Å². The summed E-state index contributed by atoms with van der Waals surface area (Å²) in [5, 5.41) is -0.0672. The molecule has 0 N–H and O–H groups in total. The van der Waals surface area contributed by atoms with E-state index in [4.69, 9.17) is 11.6 Å². The van der Waals surface area contributed by atoms with Gasteiger partial charge in [-0.3, -0.25) is 0 Å². The molecule has 2 nitrogen and oxygen atoms in total. The van der Waals surface area contributed by atoms with Crippen LogP contribution in [0, 0.1) is 5.82 Å². The number of esters is 1. The first-order valence-corrected chi connectivity index (χ1v) is 4.81. The van der Waals surface area contributed by atoms with Crippen molar-refractivity contribution in [2.24, 2.45) is 0 Å². The van der Waals surface area contributed by atoms with E-state index in [1.54, 1.807) is 13.0 Å². The maximum absolute atomic E-state index is 12.8. The van der Waals surface area contributed by atoms with Crippen LogP contribution in [0.3, 0.4) is 0 Å². The van der Waals surface area contributed by atoms with Crippen LogP contribution in [0.5, 0.6) is 0 Å². The van der Waals surface area contributed by atoms with E-state index in [9.17, 15) is 9.18 Å². The van der Waals surface area contributed by atoms with Crippen LogP contribution >= 0.6 is 11.6 Å². The lowest BCUT2D eigenvalue weighted by Crippen LogP contribution is -2.03. The average molecular weight is 229 g/mol. The summed E-state index contributed by atoms with van der Waals surface area (Å²) in [5.74, 6) is -0.986. The van der Waals surface area contributed by atoms with E-state index in [1.165, 1.54) is 24.3 Å². The quantitative estimate of drug-likeness (QED) is 0.587. The molecule has 15 heavy (non-hydrogen) atoms. The SMILES string of the molecule is CCOC(=O)/C(Cl)=C/c1cccc(F)c1. The first-order chi connectivity index (χ1) is 7.13. The molecule has 0 saturated heterocycles. The van der Waals surface area contributed by atoms with Gasteiger partial charge < -0.3 is 4.74 Å². The summed E-state index contributed by atoms with van der Waals surface area (Å²) in [6, 6.07) is 5.78. The minimum absolute atomic E-state index is 0.0672. The largest absolute Gasteiger partial charge is 0.462 e. The standard InChI is InChI=1S/C11H10ClFO2/c1-2-15-11(14)10(12)7-8-4-3-5-9(13)6-8/h3-7H,2H2,1H3/b10-7-. The highest BCUT2D eigenvalue weighted by atomic mass is 35.5. The Morgan fingerprint density at radius 3 is 2.93 bits per heavy atom. The maximum atomic E-state index is 12.8. The molecule has 0 aromatic heterocycles. The van der Waals surface area contributed by atoms with Crippen LogP contribution in [0.25, 0.3) is 6.08 Å². The van der Waals surface area contributed by atoms with Crippen molar-refractivity contribution in [3.05, 3.63) is 40.7 Å². The van der Waals surface area contributed by atoms with E-state index in [0.29, 0.717) is 5.56 Å². The summed E-state index contributed by atoms with van der Waals surface area (Å²) in [6.45, 7) is 1.94. The highest BCUT2D eigenvalue weighted by molar-refractivity contribution is 6.43. The molecule has 0 aliphatic carbocycles. The van der Waals surface area contributed by atoms with E-state index in [-0.39, 0.29) is 17.5 Å². The zero-order valence-electron chi connectivity index (χ0n) is 8.17. The molecule has 0 heterocycles. The van der Waals surface area contributed by atoms with Gasteiger partial charge in [0.05, 0.1) is 6.61 Å². The van der Waals surface area contributed by atoms with Crippen LogP contribution in [0.2, 0.25) is 0 Å².